The highest BCUT2D eigenvalue weighted by Gasteiger charge is 2.16. The first-order valence-corrected chi connectivity index (χ1v) is 7.48. The van der Waals surface area contributed by atoms with Crippen LogP contribution in [0.1, 0.15) is 54.9 Å². The smallest absolute Gasteiger partial charge is 0.335 e. The van der Waals surface area contributed by atoms with Crippen LogP contribution in [0, 0.1) is 0 Å². The van der Waals surface area contributed by atoms with Gasteiger partial charge in [0, 0.05) is 23.1 Å². The summed E-state index contributed by atoms with van der Waals surface area (Å²) < 4.78 is 9.52. The van der Waals surface area contributed by atoms with E-state index < -0.39 is 12.3 Å². The van der Waals surface area contributed by atoms with Crippen LogP contribution in [-0.4, -0.2) is 35.1 Å². The fraction of sp³-hybridized carbons (Fsp3) is 0.647. The van der Waals surface area contributed by atoms with Crippen LogP contribution >= 0.6 is 0 Å². The summed E-state index contributed by atoms with van der Waals surface area (Å²) in [7, 11) is 0. The standard InChI is InChI=1S/C10H19NO2.C7H12O3/c1-7(2)9(12)13-8(3)11-10(4,5)6;1-4-6(8)10-7(9)5(2)3/h8,11H,1H2,2-6H3;6,8H,2,4H2,1,3H3. The summed E-state index contributed by atoms with van der Waals surface area (Å²) in [5, 5.41) is 11.9. The highest BCUT2D eigenvalue weighted by molar-refractivity contribution is 5.87. The van der Waals surface area contributed by atoms with Gasteiger partial charge in [0.1, 0.15) is 0 Å². The summed E-state index contributed by atoms with van der Waals surface area (Å²) in [4.78, 5) is 21.7. The zero-order valence-corrected chi connectivity index (χ0v) is 15.4. The molecule has 0 aromatic rings. The first kappa shape index (κ1) is 23.6. The van der Waals surface area contributed by atoms with Gasteiger partial charge in [0.05, 0.1) is 0 Å². The lowest BCUT2D eigenvalue weighted by molar-refractivity contribution is -0.163. The molecular formula is C17H31NO5. The molecule has 0 radical (unpaired) electrons. The lowest BCUT2D eigenvalue weighted by atomic mass is 10.1. The molecule has 0 heterocycles. The van der Waals surface area contributed by atoms with E-state index in [1.807, 2.05) is 20.8 Å². The number of nitrogens with one attached hydrogen (secondary N) is 1. The lowest BCUT2D eigenvalue weighted by Crippen LogP contribution is -2.44. The van der Waals surface area contributed by atoms with Gasteiger partial charge in [0.2, 0.25) is 6.29 Å². The summed E-state index contributed by atoms with van der Waals surface area (Å²) in [5.41, 5.74) is 0.657. The molecule has 0 amide bonds. The summed E-state index contributed by atoms with van der Waals surface area (Å²) >= 11 is 0. The predicted octanol–water partition coefficient (Wildman–Crippen LogP) is 2.67. The Morgan fingerprint density at radius 1 is 1.09 bits per heavy atom. The molecule has 0 saturated carbocycles. The Hall–Kier alpha value is -1.66. The fourth-order valence-corrected chi connectivity index (χ4v) is 1.21. The molecule has 134 valence electrons. The van der Waals surface area contributed by atoms with Crippen molar-refractivity contribution in [2.24, 2.45) is 0 Å². The number of ether oxygens (including phenoxy) is 2. The molecule has 2 atom stereocenters. The van der Waals surface area contributed by atoms with Crippen LogP contribution in [0.4, 0.5) is 0 Å². The fourth-order valence-electron chi connectivity index (χ4n) is 1.21. The van der Waals surface area contributed by atoms with E-state index in [0.717, 1.165) is 0 Å². The van der Waals surface area contributed by atoms with E-state index in [9.17, 15) is 9.59 Å². The van der Waals surface area contributed by atoms with Crippen LogP contribution < -0.4 is 5.32 Å². The molecule has 0 aliphatic carbocycles. The zero-order chi connectivity index (χ0) is 18.8. The van der Waals surface area contributed by atoms with Crippen molar-refractivity contribution in [3.8, 4) is 0 Å². The van der Waals surface area contributed by atoms with Gasteiger partial charge in [-0.05, 0) is 41.5 Å². The van der Waals surface area contributed by atoms with E-state index in [1.165, 1.54) is 6.92 Å². The normalized spacial score (nSPS) is 13.0. The van der Waals surface area contributed by atoms with E-state index >= 15 is 0 Å². The number of esters is 2. The molecular weight excluding hydrogens is 298 g/mol. The molecule has 23 heavy (non-hydrogen) atoms. The number of carbonyl (C=O) groups excluding carboxylic acids is 2. The summed E-state index contributed by atoms with van der Waals surface area (Å²) in [5.74, 6) is -0.904. The molecule has 6 nitrogen and oxygen atoms in total. The van der Waals surface area contributed by atoms with E-state index in [2.05, 4.69) is 23.2 Å². The Morgan fingerprint density at radius 3 is 1.78 bits per heavy atom. The quantitative estimate of drug-likeness (QED) is 0.443. The first-order chi connectivity index (χ1) is 10.3. The highest BCUT2D eigenvalue weighted by Crippen LogP contribution is 2.03. The maximum atomic E-state index is 11.1. The van der Waals surface area contributed by atoms with Crippen molar-refractivity contribution in [3.63, 3.8) is 0 Å². The lowest BCUT2D eigenvalue weighted by Gasteiger charge is -2.25. The molecule has 0 aromatic carbocycles. The Bertz CT molecular complexity index is 423. The second-order valence-electron chi connectivity index (χ2n) is 6.27. The Balaban J connectivity index is 0. The average Bonchev–Trinajstić information content (AvgIpc) is 2.36. The maximum absolute atomic E-state index is 11.1. The maximum Gasteiger partial charge on any atom is 0.335 e. The topological polar surface area (TPSA) is 84.9 Å². The molecule has 0 saturated heterocycles. The molecule has 0 aromatic heterocycles. The summed E-state index contributed by atoms with van der Waals surface area (Å²) in [6.45, 7) is 19.6. The molecule has 2 unspecified atom stereocenters. The van der Waals surface area contributed by atoms with Gasteiger partial charge >= 0.3 is 11.9 Å². The van der Waals surface area contributed by atoms with Crippen LogP contribution in [0.3, 0.4) is 0 Å². The zero-order valence-electron chi connectivity index (χ0n) is 15.4. The Kier molecular flexibility index (Phi) is 11.3. The summed E-state index contributed by atoms with van der Waals surface area (Å²) in [6.07, 6.45) is -0.882. The second-order valence-corrected chi connectivity index (χ2v) is 6.27. The number of aliphatic hydroxyl groups is 1. The van der Waals surface area contributed by atoms with Crippen molar-refractivity contribution in [1.29, 1.82) is 0 Å². The van der Waals surface area contributed by atoms with Crippen molar-refractivity contribution in [2.75, 3.05) is 0 Å². The van der Waals surface area contributed by atoms with Crippen LogP contribution in [0.2, 0.25) is 0 Å². The third kappa shape index (κ3) is 15.0. The van der Waals surface area contributed by atoms with Crippen LogP contribution in [0.15, 0.2) is 24.3 Å². The monoisotopic (exact) mass is 329 g/mol. The van der Waals surface area contributed by atoms with Crippen molar-refractivity contribution < 1.29 is 24.2 Å². The van der Waals surface area contributed by atoms with Crippen molar-refractivity contribution in [2.45, 2.75) is 72.9 Å². The molecule has 6 heteroatoms. The van der Waals surface area contributed by atoms with Crippen molar-refractivity contribution in [1.82, 2.24) is 5.32 Å². The van der Waals surface area contributed by atoms with Crippen LogP contribution in [0.25, 0.3) is 0 Å². The van der Waals surface area contributed by atoms with Gasteiger partial charge in [-0.3, -0.25) is 5.32 Å². The second kappa shape index (κ2) is 11.0. The Morgan fingerprint density at radius 2 is 1.48 bits per heavy atom. The molecule has 0 rings (SSSR count). The number of rotatable bonds is 6. The SMILES string of the molecule is C=C(C)C(=O)OC(C)NC(C)(C)C.C=C(C)C(=O)OC(O)CC. The summed E-state index contributed by atoms with van der Waals surface area (Å²) in [6, 6.07) is 0. The molecule has 2 N–H and O–H groups in total. The van der Waals surface area contributed by atoms with Gasteiger partial charge in [-0.15, -0.1) is 0 Å². The minimum Gasteiger partial charge on any atom is -0.444 e. The molecule has 0 fully saturated rings. The number of carbonyl (C=O) groups is 2. The van der Waals surface area contributed by atoms with Gasteiger partial charge in [-0.2, -0.15) is 0 Å². The predicted molar refractivity (Wildman–Crippen MR) is 90.5 cm³/mol. The van der Waals surface area contributed by atoms with E-state index in [0.29, 0.717) is 17.6 Å². The third-order valence-electron chi connectivity index (χ3n) is 2.21. The highest BCUT2D eigenvalue weighted by atomic mass is 16.6. The largest absolute Gasteiger partial charge is 0.444 e. The van der Waals surface area contributed by atoms with Gasteiger partial charge in [-0.25, -0.2) is 9.59 Å². The van der Waals surface area contributed by atoms with E-state index in [-0.39, 0.29) is 17.7 Å². The molecule has 0 aliphatic heterocycles. The minimum absolute atomic E-state index is 0.0607. The van der Waals surface area contributed by atoms with Gasteiger partial charge < -0.3 is 14.6 Å². The van der Waals surface area contributed by atoms with Crippen LogP contribution in [-0.2, 0) is 19.1 Å². The van der Waals surface area contributed by atoms with Gasteiger partial charge in [0.15, 0.2) is 6.23 Å². The third-order valence-corrected chi connectivity index (χ3v) is 2.21. The average molecular weight is 329 g/mol. The number of aliphatic hydroxyl groups excluding tert-OH is 1. The first-order valence-electron chi connectivity index (χ1n) is 7.48. The number of hydrogen-bond acceptors (Lipinski definition) is 6. The molecule has 0 aliphatic rings. The van der Waals surface area contributed by atoms with E-state index in [1.54, 1.807) is 20.8 Å². The van der Waals surface area contributed by atoms with Crippen molar-refractivity contribution >= 4 is 11.9 Å². The minimum atomic E-state index is -0.996. The van der Waals surface area contributed by atoms with Gasteiger partial charge in [0.25, 0.3) is 0 Å². The van der Waals surface area contributed by atoms with Gasteiger partial charge in [-0.1, -0.05) is 20.1 Å². The molecule has 0 spiro atoms. The molecule has 0 bridgehead atoms. The van der Waals surface area contributed by atoms with Crippen LogP contribution in [0.5, 0.6) is 0 Å². The number of hydrogen-bond donors (Lipinski definition) is 2. The van der Waals surface area contributed by atoms with Crippen molar-refractivity contribution in [3.05, 3.63) is 24.3 Å². The Labute approximate surface area is 139 Å². The van der Waals surface area contributed by atoms with E-state index in [4.69, 9.17) is 9.84 Å².